The fraction of sp³-hybridized carbons (Fsp3) is 0.733. The molecule has 0 unspecified atom stereocenters. The molecule has 4 aliphatic rings. The van der Waals surface area contributed by atoms with Crippen LogP contribution in [0.5, 0.6) is 0 Å². The molecule has 0 spiro atoms. The molecule has 0 aliphatic carbocycles. The van der Waals surface area contributed by atoms with E-state index in [1.165, 1.54) is 7.11 Å². The predicted molar refractivity (Wildman–Crippen MR) is 149 cm³/mol. The quantitative estimate of drug-likeness (QED) is 0.317. The molecule has 0 radical (unpaired) electrons. The molecule has 0 N–H and O–H groups in total. The third kappa shape index (κ3) is 7.60. The van der Waals surface area contributed by atoms with E-state index in [-0.39, 0.29) is 30.3 Å². The van der Waals surface area contributed by atoms with Gasteiger partial charge in [-0.05, 0) is 38.2 Å². The zero-order valence-corrected chi connectivity index (χ0v) is 25.6. The Morgan fingerprint density at radius 3 is 2.56 bits per heavy atom. The highest BCUT2D eigenvalue weighted by Crippen LogP contribution is 2.40. The van der Waals surface area contributed by atoms with Gasteiger partial charge in [-0.3, -0.25) is 4.79 Å². The molecule has 11 atom stereocenters. The fourth-order valence-corrected chi connectivity index (χ4v) is 6.28. The van der Waals surface area contributed by atoms with Crippen LogP contribution in [0.25, 0.3) is 0 Å². The van der Waals surface area contributed by atoms with Gasteiger partial charge in [0.25, 0.3) is 0 Å². The van der Waals surface area contributed by atoms with Crippen LogP contribution in [0.3, 0.4) is 0 Å². The number of carbonyl (C=O) groups excluding carboxylic acids is 2. The number of allylic oxidation sites excluding steroid dienone is 3. The van der Waals surface area contributed by atoms with Gasteiger partial charge in [-0.1, -0.05) is 49.8 Å². The number of fused-ring (bicyclic) bond motifs is 6. The van der Waals surface area contributed by atoms with Gasteiger partial charge in [0.05, 0.1) is 25.7 Å². The van der Waals surface area contributed by atoms with Crippen molar-refractivity contribution < 1.29 is 47.5 Å². The minimum absolute atomic E-state index is 0.0905. The summed E-state index contributed by atoms with van der Waals surface area (Å²) in [6.45, 7) is 7.58. The van der Waals surface area contributed by atoms with E-state index in [0.717, 1.165) is 0 Å². The minimum Gasteiger partial charge on any atom is -0.469 e. The largest absolute Gasteiger partial charge is 0.469 e. The smallest absolute Gasteiger partial charge is 0.335 e. The van der Waals surface area contributed by atoms with Gasteiger partial charge in [0.15, 0.2) is 11.9 Å². The molecule has 10 nitrogen and oxygen atoms in total. The Balaban J connectivity index is 1.63. The van der Waals surface area contributed by atoms with Gasteiger partial charge in [0.1, 0.15) is 36.6 Å². The highest BCUT2D eigenvalue weighted by molar-refractivity contribution is 6.30. The molecule has 0 aromatic rings. The number of carbonyl (C=O) groups is 2. The molecule has 41 heavy (non-hydrogen) atoms. The van der Waals surface area contributed by atoms with Crippen LogP contribution in [0.15, 0.2) is 35.4 Å². The van der Waals surface area contributed by atoms with Gasteiger partial charge in [-0.15, -0.1) is 0 Å². The molecule has 0 aromatic heterocycles. The summed E-state index contributed by atoms with van der Waals surface area (Å²) in [6.07, 6.45) is 5.40. The Morgan fingerprint density at radius 1 is 1.12 bits per heavy atom. The number of rotatable bonds is 7. The second-order valence-corrected chi connectivity index (χ2v) is 12.1. The average molecular weight is 599 g/mol. The van der Waals surface area contributed by atoms with Gasteiger partial charge in [-0.2, -0.15) is 0 Å². The third-order valence-corrected chi connectivity index (χ3v) is 8.34. The molecular formula is C30H43ClO10. The van der Waals surface area contributed by atoms with Crippen LogP contribution in [-0.2, 0) is 47.5 Å². The zero-order valence-electron chi connectivity index (χ0n) is 24.8. The molecular weight excluding hydrogens is 556 g/mol. The van der Waals surface area contributed by atoms with Crippen molar-refractivity contribution in [3.8, 4) is 0 Å². The second-order valence-electron chi connectivity index (χ2n) is 11.7. The van der Waals surface area contributed by atoms with E-state index in [2.05, 4.69) is 0 Å². The summed E-state index contributed by atoms with van der Waals surface area (Å²) in [4.78, 5) is 25.2. The minimum atomic E-state index is -0.809. The Labute approximate surface area is 247 Å². The standard InChI is InChI=1S/C30H43ClO10/c1-16(13-24(32)35-6)11-12-19(34-5)27-23-15-22(38-27)26(36-7)18(31)9-8-10-20-28(41-30(3,4)40-20)21-14-17(2)25(37-21)29(33)39-23/h8-12,16-17,19-23,25-28H,13-15H2,1-7H3/b10-8?,12-11+,18-9-/t16-,17+,19+,20+,21+,22+,23-,25+,26+,27-,28+/m0/s1. The lowest BCUT2D eigenvalue weighted by molar-refractivity contribution is -0.176. The summed E-state index contributed by atoms with van der Waals surface area (Å²) in [5.74, 6) is -1.77. The highest BCUT2D eigenvalue weighted by Gasteiger charge is 2.52. The molecule has 0 saturated carbocycles. The predicted octanol–water partition coefficient (Wildman–Crippen LogP) is 3.85. The molecule has 4 heterocycles. The van der Waals surface area contributed by atoms with Crippen LogP contribution < -0.4 is 0 Å². The van der Waals surface area contributed by atoms with Crippen molar-refractivity contribution in [2.45, 2.75) is 108 Å². The molecule has 0 amide bonds. The number of ether oxygens (including phenoxy) is 8. The van der Waals surface area contributed by atoms with Gasteiger partial charge in [0.2, 0.25) is 0 Å². The maximum atomic E-state index is 13.6. The fourth-order valence-electron chi connectivity index (χ4n) is 5.97. The molecule has 3 saturated heterocycles. The Bertz CT molecular complexity index is 1020. The Kier molecular flexibility index (Phi) is 10.7. The molecule has 4 rings (SSSR count). The van der Waals surface area contributed by atoms with E-state index in [9.17, 15) is 9.59 Å². The number of halogens is 1. The highest BCUT2D eigenvalue weighted by atomic mass is 35.5. The van der Waals surface area contributed by atoms with E-state index in [1.54, 1.807) is 20.3 Å². The van der Waals surface area contributed by atoms with Crippen LogP contribution in [0.4, 0.5) is 0 Å². The first-order valence-corrected chi connectivity index (χ1v) is 14.6. The molecule has 3 fully saturated rings. The van der Waals surface area contributed by atoms with Crippen molar-refractivity contribution in [1.82, 2.24) is 0 Å². The SMILES string of the molecule is COC(=O)C[C@@H](C)/C=C/[C@@H](OC)[C@@H]1O[C@@H]2C[C@@H]1OC(=O)[C@@H]1O[C@H](C[C@H]1C)[C@@H]1OC(C)(C)O[C@@H]1C=C/C=C(\Cl)[C@H]2OC. The van der Waals surface area contributed by atoms with Gasteiger partial charge in [-0.25, -0.2) is 4.79 Å². The maximum Gasteiger partial charge on any atom is 0.335 e. The summed E-state index contributed by atoms with van der Waals surface area (Å²) >= 11 is 6.72. The van der Waals surface area contributed by atoms with E-state index < -0.39 is 60.6 Å². The summed E-state index contributed by atoms with van der Waals surface area (Å²) in [7, 11) is 4.47. The molecule has 230 valence electrons. The van der Waals surface area contributed by atoms with Crippen molar-refractivity contribution in [3.63, 3.8) is 0 Å². The third-order valence-electron chi connectivity index (χ3n) is 8.00. The lowest BCUT2D eigenvalue weighted by Crippen LogP contribution is -2.41. The van der Waals surface area contributed by atoms with Crippen molar-refractivity contribution in [2.75, 3.05) is 21.3 Å². The van der Waals surface area contributed by atoms with Crippen LogP contribution >= 0.6 is 11.6 Å². The first kappa shape index (κ1) is 32.1. The maximum absolute atomic E-state index is 13.6. The first-order chi connectivity index (χ1) is 19.5. The number of esters is 2. The van der Waals surface area contributed by atoms with Crippen LogP contribution in [0.2, 0.25) is 0 Å². The Morgan fingerprint density at radius 2 is 1.88 bits per heavy atom. The lowest BCUT2D eigenvalue weighted by Gasteiger charge is -2.27. The summed E-state index contributed by atoms with van der Waals surface area (Å²) in [5, 5.41) is 0.423. The van der Waals surface area contributed by atoms with Crippen molar-refractivity contribution in [3.05, 3.63) is 35.4 Å². The number of hydrogen-bond acceptors (Lipinski definition) is 10. The van der Waals surface area contributed by atoms with Crippen molar-refractivity contribution >= 4 is 23.5 Å². The molecule has 0 aromatic carbocycles. The molecule has 4 bridgehead atoms. The van der Waals surface area contributed by atoms with Gasteiger partial charge in [0, 0.05) is 25.7 Å². The zero-order chi connectivity index (χ0) is 29.9. The van der Waals surface area contributed by atoms with Crippen LogP contribution in [0.1, 0.15) is 47.0 Å². The lowest BCUT2D eigenvalue weighted by atomic mass is 9.97. The van der Waals surface area contributed by atoms with Crippen molar-refractivity contribution in [2.24, 2.45) is 11.8 Å². The Hall–Kier alpha value is -1.79. The number of hydrogen-bond donors (Lipinski definition) is 0. The van der Waals surface area contributed by atoms with Crippen molar-refractivity contribution in [1.29, 1.82) is 0 Å². The normalized spacial score (nSPS) is 39.8. The van der Waals surface area contributed by atoms with E-state index >= 15 is 0 Å². The van der Waals surface area contributed by atoms with E-state index in [0.29, 0.717) is 17.9 Å². The molecule has 11 heteroatoms. The molecule has 4 aliphatic heterocycles. The van der Waals surface area contributed by atoms with E-state index in [4.69, 9.17) is 49.5 Å². The first-order valence-electron chi connectivity index (χ1n) is 14.2. The monoisotopic (exact) mass is 598 g/mol. The number of methoxy groups -OCH3 is 3. The topological polar surface area (TPSA) is 108 Å². The van der Waals surface area contributed by atoms with Gasteiger partial charge < -0.3 is 37.9 Å². The summed E-state index contributed by atoms with van der Waals surface area (Å²) < 4.78 is 47.4. The summed E-state index contributed by atoms with van der Waals surface area (Å²) in [5.41, 5.74) is 0. The van der Waals surface area contributed by atoms with E-state index in [1.807, 2.05) is 52.0 Å². The van der Waals surface area contributed by atoms with Crippen LogP contribution in [-0.4, -0.2) is 94.0 Å². The second kappa shape index (κ2) is 13.7. The average Bonchev–Trinajstić information content (AvgIpc) is 3.59. The van der Waals surface area contributed by atoms with Gasteiger partial charge >= 0.3 is 11.9 Å². The summed E-state index contributed by atoms with van der Waals surface area (Å²) in [6, 6.07) is 0. The van der Waals surface area contributed by atoms with Crippen LogP contribution in [0, 0.1) is 11.8 Å².